The van der Waals surface area contributed by atoms with E-state index >= 15 is 0 Å². The van der Waals surface area contributed by atoms with Gasteiger partial charge in [-0.15, -0.1) is 0 Å². The van der Waals surface area contributed by atoms with Gasteiger partial charge in [0.15, 0.2) is 0 Å². The summed E-state index contributed by atoms with van der Waals surface area (Å²) in [6.45, 7) is 4.04. The van der Waals surface area contributed by atoms with Crippen molar-refractivity contribution in [1.82, 2.24) is 16.0 Å². The summed E-state index contributed by atoms with van der Waals surface area (Å²) in [6.07, 6.45) is 3.80. The van der Waals surface area contributed by atoms with Crippen molar-refractivity contribution in [2.24, 2.45) is 5.92 Å². The summed E-state index contributed by atoms with van der Waals surface area (Å²) < 4.78 is 26.4. The first-order valence-corrected chi connectivity index (χ1v) is 10.1. The Bertz CT molecular complexity index is 740. The molecule has 2 unspecified atom stereocenters. The molecule has 3 N–H and O–H groups in total. The number of halogens is 2. The molecule has 160 valence electrons. The van der Waals surface area contributed by atoms with Gasteiger partial charge in [-0.25, -0.2) is 8.78 Å². The van der Waals surface area contributed by atoms with Crippen LogP contribution in [0.2, 0.25) is 0 Å². The zero-order valence-electron chi connectivity index (χ0n) is 16.9. The van der Waals surface area contributed by atoms with Crippen molar-refractivity contribution in [3.63, 3.8) is 0 Å². The fourth-order valence-electron chi connectivity index (χ4n) is 3.48. The van der Waals surface area contributed by atoms with Crippen LogP contribution in [0.1, 0.15) is 62.7 Å². The van der Waals surface area contributed by atoms with E-state index < -0.39 is 17.5 Å². The van der Waals surface area contributed by atoms with Crippen LogP contribution in [0.3, 0.4) is 0 Å². The lowest BCUT2D eigenvalue weighted by molar-refractivity contribution is -0.128. The highest BCUT2D eigenvalue weighted by atomic mass is 19.1. The lowest BCUT2D eigenvalue weighted by Gasteiger charge is -2.29. The van der Waals surface area contributed by atoms with Gasteiger partial charge in [-0.2, -0.15) is 0 Å². The maximum atomic E-state index is 13.6. The van der Waals surface area contributed by atoms with Crippen LogP contribution in [-0.4, -0.2) is 36.3 Å². The van der Waals surface area contributed by atoms with Crippen molar-refractivity contribution in [2.45, 2.75) is 64.5 Å². The summed E-state index contributed by atoms with van der Waals surface area (Å²) in [5.74, 6) is -2.50. The van der Waals surface area contributed by atoms with Crippen LogP contribution in [0.25, 0.3) is 0 Å². The minimum Gasteiger partial charge on any atom is -0.354 e. The van der Waals surface area contributed by atoms with Gasteiger partial charge < -0.3 is 16.0 Å². The van der Waals surface area contributed by atoms with Crippen molar-refractivity contribution in [2.75, 3.05) is 6.54 Å². The number of benzene rings is 1. The maximum absolute atomic E-state index is 13.6. The normalized spacial score (nSPS) is 18.9. The number of carbonyl (C=O) groups is 3. The Balaban J connectivity index is 1.69. The van der Waals surface area contributed by atoms with E-state index in [2.05, 4.69) is 16.0 Å². The van der Waals surface area contributed by atoms with Gasteiger partial charge in [0.1, 0.15) is 11.6 Å². The van der Waals surface area contributed by atoms with Crippen LogP contribution in [0, 0.1) is 17.6 Å². The summed E-state index contributed by atoms with van der Waals surface area (Å²) in [4.78, 5) is 36.2. The third-order valence-electron chi connectivity index (χ3n) is 4.88. The van der Waals surface area contributed by atoms with Crippen LogP contribution >= 0.6 is 0 Å². The highest BCUT2D eigenvalue weighted by Gasteiger charge is 2.28. The molecule has 0 spiro atoms. The molecule has 1 aliphatic carbocycles. The van der Waals surface area contributed by atoms with Gasteiger partial charge >= 0.3 is 0 Å². The standard InChI is InChI=1S/C21H29F2N3O3/c1-13(2)25-20(28)14-5-3-6-16(11-14)26-19(27)7-4-10-24-21(29)17-9-8-15(22)12-18(17)23/h8-9,12-14,16H,3-7,10-11H2,1-2H3,(H,24,29)(H,25,28)(H,26,27). The lowest BCUT2D eigenvalue weighted by atomic mass is 9.85. The molecule has 2 rings (SSSR count). The minimum atomic E-state index is -0.923. The smallest absolute Gasteiger partial charge is 0.254 e. The van der Waals surface area contributed by atoms with Crippen LogP contribution < -0.4 is 16.0 Å². The minimum absolute atomic E-state index is 0.0259. The maximum Gasteiger partial charge on any atom is 0.254 e. The van der Waals surface area contributed by atoms with Crippen molar-refractivity contribution in [3.8, 4) is 0 Å². The first-order chi connectivity index (χ1) is 13.8. The van der Waals surface area contributed by atoms with Crippen LogP contribution in [0.4, 0.5) is 8.78 Å². The second-order valence-corrected chi connectivity index (χ2v) is 7.77. The molecule has 1 saturated carbocycles. The van der Waals surface area contributed by atoms with E-state index in [-0.39, 0.29) is 48.3 Å². The molecule has 0 bridgehead atoms. The topological polar surface area (TPSA) is 87.3 Å². The van der Waals surface area contributed by atoms with E-state index in [1.807, 2.05) is 13.8 Å². The summed E-state index contributed by atoms with van der Waals surface area (Å²) in [6, 6.07) is 2.82. The number of amides is 3. The molecule has 1 fully saturated rings. The van der Waals surface area contributed by atoms with Crippen molar-refractivity contribution in [3.05, 3.63) is 35.4 Å². The molecule has 1 aromatic rings. The van der Waals surface area contributed by atoms with Gasteiger partial charge in [-0.05, 0) is 51.7 Å². The largest absolute Gasteiger partial charge is 0.354 e. The van der Waals surface area contributed by atoms with Gasteiger partial charge in [0.2, 0.25) is 11.8 Å². The molecule has 0 heterocycles. The van der Waals surface area contributed by atoms with E-state index in [9.17, 15) is 23.2 Å². The van der Waals surface area contributed by atoms with Crippen molar-refractivity contribution in [1.29, 1.82) is 0 Å². The molecular weight excluding hydrogens is 380 g/mol. The average molecular weight is 409 g/mol. The monoisotopic (exact) mass is 409 g/mol. The van der Waals surface area contributed by atoms with Gasteiger partial charge in [0.25, 0.3) is 5.91 Å². The number of carbonyl (C=O) groups excluding carboxylic acids is 3. The van der Waals surface area contributed by atoms with Crippen LogP contribution in [0.5, 0.6) is 0 Å². The summed E-state index contributed by atoms with van der Waals surface area (Å²) in [5.41, 5.74) is -0.233. The van der Waals surface area contributed by atoms with E-state index in [0.29, 0.717) is 18.9 Å². The first-order valence-electron chi connectivity index (χ1n) is 10.1. The first kappa shape index (κ1) is 22.8. The molecule has 1 aliphatic rings. The molecule has 6 nitrogen and oxygen atoms in total. The van der Waals surface area contributed by atoms with Crippen molar-refractivity contribution >= 4 is 17.7 Å². The van der Waals surface area contributed by atoms with Gasteiger partial charge in [-0.3, -0.25) is 14.4 Å². The van der Waals surface area contributed by atoms with Crippen LogP contribution in [-0.2, 0) is 9.59 Å². The second kappa shape index (κ2) is 10.9. The fraction of sp³-hybridized carbons (Fsp3) is 0.571. The Hall–Kier alpha value is -2.51. The molecule has 2 atom stereocenters. The van der Waals surface area contributed by atoms with Gasteiger partial charge in [0, 0.05) is 37.0 Å². The Labute approximate surface area is 169 Å². The van der Waals surface area contributed by atoms with Gasteiger partial charge in [-0.1, -0.05) is 6.42 Å². The Kier molecular flexibility index (Phi) is 8.54. The van der Waals surface area contributed by atoms with Gasteiger partial charge in [0.05, 0.1) is 5.56 Å². The third-order valence-corrected chi connectivity index (χ3v) is 4.88. The van der Waals surface area contributed by atoms with Crippen molar-refractivity contribution < 1.29 is 23.2 Å². The van der Waals surface area contributed by atoms with Crippen LogP contribution in [0.15, 0.2) is 18.2 Å². The highest BCUT2D eigenvalue weighted by molar-refractivity contribution is 5.94. The zero-order chi connectivity index (χ0) is 21.4. The molecule has 0 aliphatic heterocycles. The third kappa shape index (κ3) is 7.44. The predicted octanol–water partition coefficient (Wildman–Crippen LogP) is 2.67. The summed E-state index contributed by atoms with van der Waals surface area (Å²) in [7, 11) is 0. The number of rotatable bonds is 8. The molecule has 0 radical (unpaired) electrons. The molecule has 8 heteroatoms. The fourth-order valence-corrected chi connectivity index (χ4v) is 3.48. The summed E-state index contributed by atoms with van der Waals surface area (Å²) in [5, 5.41) is 8.40. The van der Waals surface area contributed by atoms with E-state index in [0.717, 1.165) is 31.4 Å². The number of hydrogen-bond acceptors (Lipinski definition) is 3. The molecule has 1 aromatic carbocycles. The SMILES string of the molecule is CC(C)NC(=O)C1CCCC(NC(=O)CCCNC(=O)c2ccc(F)cc2F)C1. The predicted molar refractivity (Wildman–Crippen MR) is 105 cm³/mol. The molecule has 3 amide bonds. The Morgan fingerprint density at radius 2 is 1.93 bits per heavy atom. The van der Waals surface area contributed by atoms with E-state index in [4.69, 9.17) is 0 Å². The lowest BCUT2D eigenvalue weighted by Crippen LogP contribution is -2.43. The molecule has 29 heavy (non-hydrogen) atoms. The second-order valence-electron chi connectivity index (χ2n) is 7.77. The molecular formula is C21H29F2N3O3. The zero-order valence-corrected chi connectivity index (χ0v) is 16.9. The number of hydrogen-bond donors (Lipinski definition) is 3. The molecule has 0 aromatic heterocycles. The van der Waals surface area contributed by atoms with E-state index in [1.165, 1.54) is 0 Å². The quantitative estimate of drug-likeness (QED) is 0.577. The average Bonchev–Trinajstić information content (AvgIpc) is 2.64. The highest BCUT2D eigenvalue weighted by Crippen LogP contribution is 2.24. The Morgan fingerprint density at radius 3 is 2.62 bits per heavy atom. The summed E-state index contributed by atoms with van der Waals surface area (Å²) >= 11 is 0. The number of nitrogens with one attached hydrogen (secondary N) is 3. The van der Waals surface area contributed by atoms with E-state index in [1.54, 1.807) is 0 Å². The Morgan fingerprint density at radius 1 is 1.17 bits per heavy atom. The molecule has 0 saturated heterocycles.